The van der Waals surface area contributed by atoms with E-state index in [1.165, 1.54) is 0 Å². The molecule has 16 heavy (non-hydrogen) atoms. The van der Waals surface area contributed by atoms with Crippen molar-refractivity contribution in [2.45, 2.75) is 58.2 Å². The summed E-state index contributed by atoms with van der Waals surface area (Å²) in [5.41, 5.74) is -0.195. The highest BCUT2D eigenvalue weighted by atomic mass is 16.3. The van der Waals surface area contributed by atoms with Crippen LogP contribution in [0.5, 0.6) is 0 Å². The summed E-state index contributed by atoms with van der Waals surface area (Å²) in [5, 5.41) is 12.5. The van der Waals surface area contributed by atoms with Gasteiger partial charge >= 0.3 is 0 Å². The fourth-order valence-electron chi connectivity index (χ4n) is 1.97. The maximum atomic E-state index is 11.9. The van der Waals surface area contributed by atoms with Crippen LogP contribution in [0.2, 0.25) is 0 Å². The first-order valence-corrected chi connectivity index (χ1v) is 6.04. The third-order valence-corrected chi connectivity index (χ3v) is 2.85. The van der Waals surface area contributed by atoms with Crippen molar-refractivity contribution in [3.63, 3.8) is 0 Å². The summed E-state index contributed by atoms with van der Waals surface area (Å²) >= 11 is 0. The van der Waals surface area contributed by atoms with Gasteiger partial charge in [-0.05, 0) is 47.1 Å². The van der Waals surface area contributed by atoms with E-state index in [0.29, 0.717) is 6.54 Å². The maximum absolute atomic E-state index is 11.9. The first kappa shape index (κ1) is 13.5. The molecule has 2 atom stereocenters. The van der Waals surface area contributed by atoms with E-state index in [0.717, 1.165) is 19.4 Å². The smallest absolute Gasteiger partial charge is 0.237 e. The van der Waals surface area contributed by atoms with Gasteiger partial charge in [-0.25, -0.2) is 0 Å². The van der Waals surface area contributed by atoms with Crippen LogP contribution in [0.4, 0.5) is 0 Å². The van der Waals surface area contributed by atoms with Gasteiger partial charge < -0.3 is 10.4 Å². The second kappa shape index (κ2) is 5.15. The van der Waals surface area contributed by atoms with Crippen LogP contribution >= 0.6 is 0 Å². The molecule has 0 saturated carbocycles. The number of likely N-dealkylation sites (tertiary alicyclic amines) is 1. The van der Waals surface area contributed by atoms with Crippen LogP contribution in [-0.4, -0.2) is 46.7 Å². The average molecular weight is 228 g/mol. The van der Waals surface area contributed by atoms with Gasteiger partial charge in [-0.3, -0.25) is 9.69 Å². The van der Waals surface area contributed by atoms with Crippen LogP contribution in [0.25, 0.3) is 0 Å². The Labute approximate surface area is 98.0 Å². The Morgan fingerprint density at radius 3 is 2.62 bits per heavy atom. The predicted octanol–water partition coefficient (Wildman–Crippen LogP) is 0.746. The molecule has 1 aliphatic rings. The van der Waals surface area contributed by atoms with Crippen LogP contribution in [0, 0.1) is 0 Å². The molecule has 0 aromatic rings. The van der Waals surface area contributed by atoms with Crippen molar-refractivity contribution < 1.29 is 9.90 Å². The lowest BCUT2D eigenvalue weighted by molar-refractivity contribution is -0.128. The molecule has 0 aromatic heterocycles. The number of amides is 1. The van der Waals surface area contributed by atoms with E-state index >= 15 is 0 Å². The zero-order chi connectivity index (χ0) is 12.3. The van der Waals surface area contributed by atoms with E-state index in [4.69, 9.17) is 0 Å². The Morgan fingerprint density at radius 1 is 1.50 bits per heavy atom. The van der Waals surface area contributed by atoms with Gasteiger partial charge in [-0.2, -0.15) is 0 Å². The second-order valence-corrected chi connectivity index (χ2v) is 5.71. The number of nitrogens with zero attached hydrogens (tertiary/aromatic N) is 1. The number of hydrogen-bond donors (Lipinski definition) is 2. The molecule has 0 radical (unpaired) electrons. The standard InChI is InChI=1S/C12H24N2O2/c1-9(11(16)13-12(2,3)4)14-7-5-6-10(15)8-14/h9-10,15H,5-8H2,1-4H3,(H,13,16). The number of carbonyl (C=O) groups excluding carboxylic acids is 1. The van der Waals surface area contributed by atoms with E-state index in [9.17, 15) is 9.90 Å². The van der Waals surface area contributed by atoms with Gasteiger partial charge in [0.05, 0.1) is 12.1 Å². The molecule has 2 unspecified atom stereocenters. The highest BCUT2D eigenvalue weighted by Crippen LogP contribution is 2.13. The summed E-state index contributed by atoms with van der Waals surface area (Å²) < 4.78 is 0. The van der Waals surface area contributed by atoms with E-state index < -0.39 is 0 Å². The SMILES string of the molecule is CC(C(=O)NC(C)(C)C)N1CCCC(O)C1. The lowest BCUT2D eigenvalue weighted by Crippen LogP contribution is -2.53. The molecule has 0 bridgehead atoms. The van der Waals surface area contributed by atoms with Gasteiger partial charge in [-0.15, -0.1) is 0 Å². The fraction of sp³-hybridized carbons (Fsp3) is 0.917. The molecule has 1 saturated heterocycles. The van der Waals surface area contributed by atoms with E-state index in [1.807, 2.05) is 27.7 Å². The average Bonchev–Trinajstić information content (AvgIpc) is 2.14. The molecule has 0 aliphatic carbocycles. The molecular formula is C12H24N2O2. The molecule has 2 N–H and O–H groups in total. The number of carbonyl (C=O) groups is 1. The van der Waals surface area contributed by atoms with E-state index in [-0.39, 0.29) is 23.6 Å². The van der Waals surface area contributed by atoms with Crippen LogP contribution in [0.1, 0.15) is 40.5 Å². The van der Waals surface area contributed by atoms with E-state index in [1.54, 1.807) is 0 Å². The largest absolute Gasteiger partial charge is 0.392 e. The van der Waals surface area contributed by atoms with Crippen LogP contribution in [-0.2, 0) is 4.79 Å². The Kier molecular flexibility index (Phi) is 4.33. The first-order chi connectivity index (χ1) is 7.29. The lowest BCUT2D eigenvalue weighted by atomic mass is 10.0. The number of aliphatic hydroxyl groups is 1. The highest BCUT2D eigenvalue weighted by molar-refractivity contribution is 5.81. The third-order valence-electron chi connectivity index (χ3n) is 2.85. The zero-order valence-corrected chi connectivity index (χ0v) is 10.8. The van der Waals surface area contributed by atoms with Crippen molar-refractivity contribution in [2.75, 3.05) is 13.1 Å². The first-order valence-electron chi connectivity index (χ1n) is 6.04. The molecule has 1 amide bonds. The van der Waals surface area contributed by atoms with Crippen molar-refractivity contribution >= 4 is 5.91 Å². The normalized spacial score (nSPS) is 25.2. The molecule has 94 valence electrons. The van der Waals surface area contributed by atoms with Crippen molar-refractivity contribution in [2.24, 2.45) is 0 Å². The van der Waals surface area contributed by atoms with Gasteiger partial charge in [0.25, 0.3) is 0 Å². The van der Waals surface area contributed by atoms with Gasteiger partial charge in [0.2, 0.25) is 5.91 Å². The predicted molar refractivity (Wildman–Crippen MR) is 64.2 cm³/mol. The number of hydrogen-bond acceptors (Lipinski definition) is 3. The molecule has 0 spiro atoms. The van der Waals surface area contributed by atoms with Crippen molar-refractivity contribution in [3.05, 3.63) is 0 Å². The second-order valence-electron chi connectivity index (χ2n) is 5.71. The molecule has 1 fully saturated rings. The molecule has 0 aromatic carbocycles. The Balaban J connectivity index is 2.49. The third kappa shape index (κ3) is 4.10. The minimum absolute atomic E-state index is 0.0431. The number of nitrogens with one attached hydrogen (secondary N) is 1. The van der Waals surface area contributed by atoms with Gasteiger partial charge in [0.15, 0.2) is 0 Å². The quantitative estimate of drug-likeness (QED) is 0.733. The monoisotopic (exact) mass is 228 g/mol. The summed E-state index contributed by atoms with van der Waals surface area (Å²) in [7, 11) is 0. The Bertz CT molecular complexity index is 248. The number of rotatable bonds is 2. The fourth-order valence-corrected chi connectivity index (χ4v) is 1.97. The van der Waals surface area contributed by atoms with Crippen LogP contribution < -0.4 is 5.32 Å². The zero-order valence-electron chi connectivity index (χ0n) is 10.8. The number of piperidine rings is 1. The van der Waals surface area contributed by atoms with E-state index in [2.05, 4.69) is 10.2 Å². The lowest BCUT2D eigenvalue weighted by Gasteiger charge is -2.35. The molecule has 4 nitrogen and oxygen atoms in total. The van der Waals surface area contributed by atoms with Crippen molar-refractivity contribution in [1.82, 2.24) is 10.2 Å². The number of aliphatic hydroxyl groups excluding tert-OH is 1. The summed E-state index contributed by atoms with van der Waals surface area (Å²) in [4.78, 5) is 14.0. The molecule has 1 aliphatic heterocycles. The molecule has 1 heterocycles. The van der Waals surface area contributed by atoms with Gasteiger partial charge in [0.1, 0.15) is 0 Å². The Morgan fingerprint density at radius 2 is 2.12 bits per heavy atom. The van der Waals surface area contributed by atoms with Gasteiger partial charge in [-0.1, -0.05) is 0 Å². The summed E-state index contributed by atoms with van der Waals surface area (Å²) in [6.07, 6.45) is 1.54. The highest BCUT2D eigenvalue weighted by Gasteiger charge is 2.28. The van der Waals surface area contributed by atoms with Crippen LogP contribution in [0.15, 0.2) is 0 Å². The minimum Gasteiger partial charge on any atom is -0.392 e. The Hall–Kier alpha value is -0.610. The van der Waals surface area contributed by atoms with Crippen molar-refractivity contribution in [1.29, 1.82) is 0 Å². The summed E-state index contributed by atoms with van der Waals surface area (Å²) in [5.74, 6) is 0.0431. The number of β-amino-alcohol motifs (C(OH)–C–C–N with tert-alkyl or cyclic N) is 1. The maximum Gasteiger partial charge on any atom is 0.237 e. The summed E-state index contributed by atoms with van der Waals surface area (Å²) in [6.45, 7) is 9.33. The molecule has 1 rings (SSSR count). The van der Waals surface area contributed by atoms with Crippen LogP contribution in [0.3, 0.4) is 0 Å². The molecule has 4 heteroatoms. The van der Waals surface area contributed by atoms with Gasteiger partial charge in [0, 0.05) is 12.1 Å². The summed E-state index contributed by atoms with van der Waals surface area (Å²) in [6, 6.07) is -0.158. The topological polar surface area (TPSA) is 52.6 Å². The van der Waals surface area contributed by atoms with Crippen molar-refractivity contribution in [3.8, 4) is 0 Å². The molecular weight excluding hydrogens is 204 g/mol. The minimum atomic E-state index is -0.279.